The van der Waals surface area contributed by atoms with Gasteiger partial charge in [0.05, 0.1) is 30.2 Å². The smallest absolute Gasteiger partial charge is 0.307 e. The fourth-order valence-electron chi connectivity index (χ4n) is 2.27. The molecule has 0 atom stereocenters. The first-order valence-corrected chi connectivity index (χ1v) is 8.90. The van der Waals surface area contributed by atoms with Crippen molar-refractivity contribution in [2.75, 3.05) is 45.3 Å². The molecule has 0 aromatic heterocycles. The summed E-state index contributed by atoms with van der Waals surface area (Å²) in [5.41, 5.74) is 0.746. The average Bonchev–Trinajstić information content (AvgIpc) is 2.53. The molecule has 0 fully saturated rings. The molecule has 1 aromatic rings. The number of carbonyl (C=O) groups is 1. The van der Waals surface area contributed by atoms with Gasteiger partial charge in [0.25, 0.3) is 0 Å². The minimum Gasteiger partial charge on any atom is -0.490 e. The minimum atomic E-state index is -3.66. The highest BCUT2D eigenvalue weighted by molar-refractivity contribution is 7.89. The number of carbonyl (C=O) groups excluding carboxylic acids is 1. The molecule has 7 nitrogen and oxygen atoms in total. The zero-order valence-corrected chi connectivity index (χ0v) is 14.4. The SMILES string of the molecule is CCOC(=O)CCN(C)S(=O)(=O)c1ccc2c(c1)N(C)CCO2. The summed E-state index contributed by atoms with van der Waals surface area (Å²) < 4.78 is 36.7. The summed E-state index contributed by atoms with van der Waals surface area (Å²) in [5.74, 6) is 0.264. The highest BCUT2D eigenvalue weighted by Crippen LogP contribution is 2.33. The molecule has 0 unspecified atom stereocenters. The average molecular weight is 342 g/mol. The van der Waals surface area contributed by atoms with E-state index < -0.39 is 16.0 Å². The van der Waals surface area contributed by atoms with E-state index in [1.807, 2.05) is 11.9 Å². The lowest BCUT2D eigenvalue weighted by atomic mass is 10.2. The zero-order chi connectivity index (χ0) is 17.0. The van der Waals surface area contributed by atoms with E-state index in [2.05, 4.69) is 0 Å². The van der Waals surface area contributed by atoms with Gasteiger partial charge in [0.2, 0.25) is 10.0 Å². The highest BCUT2D eigenvalue weighted by atomic mass is 32.2. The first-order chi connectivity index (χ1) is 10.9. The number of anilines is 1. The number of ether oxygens (including phenoxy) is 2. The van der Waals surface area contributed by atoms with E-state index in [-0.39, 0.29) is 24.5 Å². The fraction of sp³-hybridized carbons (Fsp3) is 0.533. The topological polar surface area (TPSA) is 76.2 Å². The van der Waals surface area contributed by atoms with Crippen LogP contribution >= 0.6 is 0 Å². The van der Waals surface area contributed by atoms with Crippen molar-refractivity contribution < 1.29 is 22.7 Å². The van der Waals surface area contributed by atoms with Crippen LogP contribution < -0.4 is 9.64 Å². The molecule has 1 aliphatic heterocycles. The van der Waals surface area contributed by atoms with Gasteiger partial charge in [-0.2, -0.15) is 0 Å². The molecule has 0 N–H and O–H groups in total. The van der Waals surface area contributed by atoms with Crippen LogP contribution in [0, 0.1) is 0 Å². The lowest BCUT2D eigenvalue weighted by molar-refractivity contribution is -0.143. The van der Waals surface area contributed by atoms with Gasteiger partial charge in [0, 0.05) is 20.6 Å². The van der Waals surface area contributed by atoms with Crippen LogP contribution in [0.25, 0.3) is 0 Å². The van der Waals surface area contributed by atoms with Crippen LogP contribution in [0.3, 0.4) is 0 Å². The van der Waals surface area contributed by atoms with Crippen molar-refractivity contribution >= 4 is 21.7 Å². The standard InChI is InChI=1S/C15H22N2O5S/c1-4-21-15(18)7-8-17(3)23(19,20)12-5-6-14-13(11-12)16(2)9-10-22-14/h5-6,11H,4,7-10H2,1-3H3. The van der Waals surface area contributed by atoms with Gasteiger partial charge in [-0.15, -0.1) is 0 Å². The van der Waals surface area contributed by atoms with Crippen LogP contribution in [-0.4, -0.2) is 59.1 Å². The second-order valence-electron chi connectivity index (χ2n) is 5.28. The second kappa shape index (κ2) is 7.18. The molecule has 1 heterocycles. The molecule has 2 rings (SSSR count). The molecule has 1 aliphatic rings. The zero-order valence-electron chi connectivity index (χ0n) is 13.6. The van der Waals surface area contributed by atoms with Crippen molar-refractivity contribution in [3.8, 4) is 5.75 Å². The molecule has 0 aliphatic carbocycles. The summed E-state index contributed by atoms with van der Waals surface area (Å²) in [6, 6.07) is 4.79. The normalized spacial score (nSPS) is 14.3. The number of hydrogen-bond donors (Lipinski definition) is 0. The lowest BCUT2D eigenvalue weighted by Gasteiger charge is -2.28. The van der Waals surface area contributed by atoms with Gasteiger partial charge < -0.3 is 14.4 Å². The Kier molecular flexibility index (Phi) is 5.48. The van der Waals surface area contributed by atoms with Crippen LogP contribution in [-0.2, 0) is 19.6 Å². The van der Waals surface area contributed by atoms with Crippen molar-refractivity contribution in [3.05, 3.63) is 18.2 Å². The van der Waals surface area contributed by atoms with E-state index in [4.69, 9.17) is 9.47 Å². The Balaban J connectivity index is 2.16. The molecule has 0 spiro atoms. The third kappa shape index (κ3) is 3.94. The second-order valence-corrected chi connectivity index (χ2v) is 7.33. The van der Waals surface area contributed by atoms with Crippen LogP contribution in [0.1, 0.15) is 13.3 Å². The van der Waals surface area contributed by atoms with Crippen molar-refractivity contribution in [1.29, 1.82) is 0 Å². The van der Waals surface area contributed by atoms with Crippen LogP contribution in [0.5, 0.6) is 5.75 Å². The monoisotopic (exact) mass is 342 g/mol. The minimum absolute atomic E-state index is 0.0253. The number of fused-ring (bicyclic) bond motifs is 1. The van der Waals surface area contributed by atoms with E-state index in [0.29, 0.717) is 18.9 Å². The summed E-state index contributed by atoms with van der Waals surface area (Å²) in [6.45, 7) is 3.35. The molecule has 1 aromatic carbocycles. The summed E-state index contributed by atoms with van der Waals surface area (Å²) in [7, 11) is -0.319. The maximum Gasteiger partial charge on any atom is 0.307 e. The summed E-state index contributed by atoms with van der Waals surface area (Å²) in [6.07, 6.45) is 0.0253. The van der Waals surface area contributed by atoms with Crippen molar-refractivity contribution in [1.82, 2.24) is 4.31 Å². The largest absolute Gasteiger partial charge is 0.490 e. The van der Waals surface area contributed by atoms with Crippen molar-refractivity contribution in [3.63, 3.8) is 0 Å². The van der Waals surface area contributed by atoms with Gasteiger partial charge in [-0.3, -0.25) is 4.79 Å². The molecule has 8 heteroatoms. The number of rotatable bonds is 6. The molecule has 0 bridgehead atoms. The molecule has 0 saturated carbocycles. The first kappa shape index (κ1) is 17.6. The van der Waals surface area contributed by atoms with Gasteiger partial charge in [-0.25, -0.2) is 12.7 Å². The van der Waals surface area contributed by atoms with Crippen molar-refractivity contribution in [2.24, 2.45) is 0 Å². The maximum absolute atomic E-state index is 12.6. The third-order valence-corrected chi connectivity index (χ3v) is 5.52. The summed E-state index contributed by atoms with van der Waals surface area (Å²) in [5, 5.41) is 0. The van der Waals surface area contributed by atoms with E-state index in [0.717, 1.165) is 9.99 Å². The Labute approximate surface area is 136 Å². The fourth-order valence-corrected chi connectivity index (χ4v) is 3.47. The van der Waals surface area contributed by atoms with Gasteiger partial charge in [-0.1, -0.05) is 0 Å². The molecule has 128 valence electrons. The summed E-state index contributed by atoms with van der Waals surface area (Å²) in [4.78, 5) is 13.5. The number of likely N-dealkylation sites (N-methyl/N-ethyl adjacent to an activating group) is 1. The summed E-state index contributed by atoms with van der Waals surface area (Å²) >= 11 is 0. The van der Waals surface area contributed by atoms with Crippen LogP contribution in [0.4, 0.5) is 5.69 Å². The number of esters is 1. The van der Waals surface area contributed by atoms with E-state index >= 15 is 0 Å². The number of nitrogens with zero attached hydrogens (tertiary/aromatic N) is 2. The Morgan fingerprint density at radius 3 is 2.87 bits per heavy atom. The van der Waals surface area contributed by atoms with Crippen LogP contribution in [0.2, 0.25) is 0 Å². The molecule has 0 radical (unpaired) electrons. The Bertz CT molecular complexity index is 674. The quantitative estimate of drug-likeness (QED) is 0.720. The lowest BCUT2D eigenvalue weighted by Crippen LogP contribution is -2.31. The number of sulfonamides is 1. The van der Waals surface area contributed by atoms with Crippen LogP contribution in [0.15, 0.2) is 23.1 Å². The maximum atomic E-state index is 12.6. The molecule has 23 heavy (non-hydrogen) atoms. The molecule has 0 amide bonds. The Hall–Kier alpha value is -1.80. The first-order valence-electron chi connectivity index (χ1n) is 7.46. The number of benzene rings is 1. The van der Waals surface area contributed by atoms with Gasteiger partial charge in [-0.05, 0) is 25.1 Å². The van der Waals surface area contributed by atoms with E-state index in [1.54, 1.807) is 19.1 Å². The Morgan fingerprint density at radius 2 is 2.17 bits per heavy atom. The molecular formula is C15H22N2O5S. The number of hydrogen-bond acceptors (Lipinski definition) is 6. The third-order valence-electron chi connectivity index (χ3n) is 3.67. The van der Waals surface area contributed by atoms with E-state index in [9.17, 15) is 13.2 Å². The van der Waals surface area contributed by atoms with E-state index in [1.165, 1.54) is 13.1 Å². The van der Waals surface area contributed by atoms with Gasteiger partial charge in [0.15, 0.2) is 0 Å². The highest BCUT2D eigenvalue weighted by Gasteiger charge is 2.24. The predicted octanol–water partition coefficient (Wildman–Crippen LogP) is 1.09. The van der Waals surface area contributed by atoms with Gasteiger partial charge in [0.1, 0.15) is 12.4 Å². The predicted molar refractivity (Wildman–Crippen MR) is 86.3 cm³/mol. The molecular weight excluding hydrogens is 320 g/mol. The van der Waals surface area contributed by atoms with Gasteiger partial charge >= 0.3 is 5.97 Å². The van der Waals surface area contributed by atoms with Crippen molar-refractivity contribution in [2.45, 2.75) is 18.2 Å². The Morgan fingerprint density at radius 1 is 1.43 bits per heavy atom. The molecule has 0 saturated heterocycles.